The monoisotopic (exact) mass is 260 g/mol. The molecule has 5 nitrogen and oxygen atoms in total. The average Bonchev–Trinajstić information content (AvgIpc) is 2.47. The number of benzene rings is 1. The largest absolute Gasteiger partial charge is 0.508 e. The van der Waals surface area contributed by atoms with Crippen LogP contribution in [0.2, 0.25) is 0 Å². The second kappa shape index (κ2) is 5.95. The van der Waals surface area contributed by atoms with E-state index >= 15 is 0 Å². The van der Waals surface area contributed by atoms with Crippen molar-refractivity contribution in [1.29, 1.82) is 0 Å². The molecule has 0 atom stereocenters. The topological polar surface area (TPSA) is 63.6 Å². The summed E-state index contributed by atoms with van der Waals surface area (Å²) in [5.41, 5.74) is 1.61. The van der Waals surface area contributed by atoms with E-state index < -0.39 is 0 Å². The van der Waals surface area contributed by atoms with E-state index in [1.54, 1.807) is 44.7 Å². The van der Waals surface area contributed by atoms with Gasteiger partial charge in [-0.1, -0.05) is 0 Å². The minimum absolute atomic E-state index is 0.231. The quantitative estimate of drug-likeness (QED) is 0.864. The average molecular weight is 260 g/mol. The molecular formula is C14H16N2O3. The Kier molecular flexibility index (Phi) is 4.07. The number of hydrogen-bond acceptors (Lipinski definition) is 5. The molecule has 0 amide bonds. The maximum atomic E-state index is 9.76. The number of aromatic hydroxyl groups is 1. The van der Waals surface area contributed by atoms with Crippen LogP contribution >= 0.6 is 0 Å². The zero-order valence-corrected chi connectivity index (χ0v) is 10.9. The molecule has 1 aromatic carbocycles. The van der Waals surface area contributed by atoms with Crippen molar-refractivity contribution in [2.75, 3.05) is 19.5 Å². The summed E-state index contributed by atoms with van der Waals surface area (Å²) in [5, 5.41) is 12.9. The van der Waals surface area contributed by atoms with Gasteiger partial charge in [-0.2, -0.15) is 0 Å². The number of pyridine rings is 1. The van der Waals surface area contributed by atoms with Gasteiger partial charge in [0.1, 0.15) is 11.5 Å². The van der Waals surface area contributed by atoms with Crippen LogP contribution in [0.4, 0.5) is 5.69 Å². The number of phenols is 1. The van der Waals surface area contributed by atoms with Gasteiger partial charge in [0.2, 0.25) is 5.88 Å². The number of nitrogens with zero attached hydrogens (tertiary/aromatic N) is 1. The first-order valence-corrected chi connectivity index (χ1v) is 5.82. The van der Waals surface area contributed by atoms with Crippen molar-refractivity contribution in [2.24, 2.45) is 0 Å². The van der Waals surface area contributed by atoms with Crippen molar-refractivity contribution < 1.29 is 14.6 Å². The maximum Gasteiger partial charge on any atom is 0.213 e. The van der Waals surface area contributed by atoms with E-state index in [-0.39, 0.29) is 5.75 Å². The minimum Gasteiger partial charge on any atom is -0.508 e. The van der Waals surface area contributed by atoms with E-state index in [9.17, 15) is 5.11 Å². The van der Waals surface area contributed by atoms with E-state index in [4.69, 9.17) is 9.47 Å². The van der Waals surface area contributed by atoms with Crippen molar-refractivity contribution in [3.8, 4) is 17.4 Å². The molecule has 5 heteroatoms. The first-order valence-electron chi connectivity index (χ1n) is 5.82. The van der Waals surface area contributed by atoms with Gasteiger partial charge in [-0.05, 0) is 24.3 Å². The summed E-state index contributed by atoms with van der Waals surface area (Å²) < 4.78 is 10.1. The number of nitrogens with one attached hydrogen (secondary N) is 1. The molecule has 0 aliphatic heterocycles. The normalized spacial score (nSPS) is 10.0. The van der Waals surface area contributed by atoms with E-state index in [2.05, 4.69) is 10.3 Å². The van der Waals surface area contributed by atoms with Crippen molar-refractivity contribution in [2.45, 2.75) is 6.54 Å². The smallest absolute Gasteiger partial charge is 0.213 e. The molecular weight excluding hydrogens is 244 g/mol. The van der Waals surface area contributed by atoms with Gasteiger partial charge in [0.15, 0.2) is 0 Å². The Morgan fingerprint density at radius 1 is 1.16 bits per heavy atom. The van der Waals surface area contributed by atoms with Crippen LogP contribution in [-0.4, -0.2) is 24.3 Å². The molecule has 0 saturated heterocycles. The summed E-state index contributed by atoms with van der Waals surface area (Å²) in [6, 6.07) is 8.76. The summed E-state index contributed by atoms with van der Waals surface area (Å²) in [4.78, 5) is 4.09. The first-order chi connectivity index (χ1) is 9.22. The van der Waals surface area contributed by atoms with Gasteiger partial charge in [-0.15, -0.1) is 0 Å². The highest BCUT2D eigenvalue weighted by atomic mass is 16.5. The standard InChI is InChI=1S/C14H16N2O3/c1-18-12-4-5-13(17)10(7-12)8-15-11-3-6-14(19-2)16-9-11/h3-7,9,15,17H,8H2,1-2H3. The van der Waals surface area contributed by atoms with Crippen molar-refractivity contribution in [3.63, 3.8) is 0 Å². The summed E-state index contributed by atoms with van der Waals surface area (Å²) in [6.07, 6.45) is 1.68. The second-order valence-electron chi connectivity index (χ2n) is 3.94. The van der Waals surface area contributed by atoms with Crippen LogP contribution in [0.1, 0.15) is 5.56 Å². The molecule has 2 rings (SSSR count). The van der Waals surface area contributed by atoms with E-state index in [1.807, 2.05) is 6.07 Å². The number of rotatable bonds is 5. The molecule has 0 bridgehead atoms. The van der Waals surface area contributed by atoms with Crippen molar-refractivity contribution >= 4 is 5.69 Å². The van der Waals surface area contributed by atoms with Crippen LogP contribution in [-0.2, 0) is 6.54 Å². The zero-order chi connectivity index (χ0) is 13.7. The number of ether oxygens (including phenoxy) is 2. The molecule has 1 heterocycles. The fourth-order valence-corrected chi connectivity index (χ4v) is 1.63. The highest BCUT2D eigenvalue weighted by Gasteiger charge is 2.03. The Balaban J connectivity index is 2.05. The van der Waals surface area contributed by atoms with E-state index in [1.165, 1.54) is 0 Å². The Morgan fingerprint density at radius 3 is 2.63 bits per heavy atom. The lowest BCUT2D eigenvalue weighted by atomic mass is 10.2. The molecule has 0 aliphatic rings. The molecule has 0 spiro atoms. The van der Waals surface area contributed by atoms with Crippen LogP contribution < -0.4 is 14.8 Å². The third kappa shape index (κ3) is 3.28. The molecule has 0 saturated carbocycles. The Morgan fingerprint density at radius 2 is 2.00 bits per heavy atom. The van der Waals surface area contributed by atoms with Gasteiger partial charge in [-0.25, -0.2) is 4.98 Å². The maximum absolute atomic E-state index is 9.76. The van der Waals surface area contributed by atoms with E-state index in [0.29, 0.717) is 18.2 Å². The van der Waals surface area contributed by atoms with Crippen LogP contribution in [0, 0.1) is 0 Å². The molecule has 0 unspecified atom stereocenters. The number of methoxy groups -OCH3 is 2. The number of hydrogen-bond donors (Lipinski definition) is 2. The fraction of sp³-hybridized carbons (Fsp3) is 0.214. The zero-order valence-electron chi connectivity index (χ0n) is 10.9. The third-order valence-electron chi connectivity index (χ3n) is 2.72. The lowest BCUT2D eigenvalue weighted by Gasteiger charge is -2.09. The van der Waals surface area contributed by atoms with Gasteiger partial charge >= 0.3 is 0 Å². The van der Waals surface area contributed by atoms with Crippen LogP contribution in [0.3, 0.4) is 0 Å². The Hall–Kier alpha value is -2.43. The predicted octanol–water partition coefficient (Wildman–Crippen LogP) is 2.42. The Labute approximate surface area is 111 Å². The van der Waals surface area contributed by atoms with Crippen LogP contribution in [0.15, 0.2) is 36.5 Å². The van der Waals surface area contributed by atoms with Crippen molar-refractivity contribution in [1.82, 2.24) is 4.98 Å². The molecule has 2 N–H and O–H groups in total. The van der Waals surface area contributed by atoms with Gasteiger partial charge in [0.25, 0.3) is 0 Å². The minimum atomic E-state index is 0.231. The first kappa shape index (κ1) is 13.0. The van der Waals surface area contributed by atoms with Gasteiger partial charge in [-0.3, -0.25) is 0 Å². The van der Waals surface area contributed by atoms with Crippen LogP contribution in [0.25, 0.3) is 0 Å². The summed E-state index contributed by atoms with van der Waals surface area (Å²) in [7, 11) is 3.17. The summed E-state index contributed by atoms with van der Waals surface area (Å²) >= 11 is 0. The van der Waals surface area contributed by atoms with Gasteiger partial charge in [0.05, 0.1) is 26.1 Å². The molecule has 0 fully saturated rings. The SMILES string of the molecule is COc1ccc(O)c(CNc2ccc(OC)nc2)c1. The van der Waals surface area contributed by atoms with E-state index in [0.717, 1.165) is 11.3 Å². The van der Waals surface area contributed by atoms with Gasteiger partial charge < -0.3 is 19.9 Å². The molecule has 0 radical (unpaired) electrons. The molecule has 0 aliphatic carbocycles. The Bertz CT molecular complexity index is 541. The second-order valence-corrected chi connectivity index (χ2v) is 3.94. The lowest BCUT2D eigenvalue weighted by molar-refractivity contribution is 0.398. The molecule has 19 heavy (non-hydrogen) atoms. The fourth-order valence-electron chi connectivity index (χ4n) is 1.63. The molecule has 100 valence electrons. The van der Waals surface area contributed by atoms with Crippen LogP contribution in [0.5, 0.6) is 17.4 Å². The number of anilines is 1. The highest BCUT2D eigenvalue weighted by Crippen LogP contribution is 2.23. The summed E-state index contributed by atoms with van der Waals surface area (Å²) in [6.45, 7) is 0.483. The highest BCUT2D eigenvalue weighted by molar-refractivity contribution is 5.46. The van der Waals surface area contributed by atoms with Gasteiger partial charge in [0, 0.05) is 18.2 Å². The molecule has 2 aromatic rings. The third-order valence-corrected chi connectivity index (χ3v) is 2.72. The predicted molar refractivity (Wildman–Crippen MR) is 72.8 cm³/mol. The molecule has 1 aromatic heterocycles. The van der Waals surface area contributed by atoms with Crippen molar-refractivity contribution in [3.05, 3.63) is 42.1 Å². The lowest BCUT2D eigenvalue weighted by Crippen LogP contribution is -2.01. The number of aromatic nitrogens is 1. The number of phenolic OH excluding ortho intramolecular Hbond substituents is 1. The summed E-state index contributed by atoms with van der Waals surface area (Å²) in [5.74, 6) is 1.51.